The Morgan fingerprint density at radius 1 is 0.878 bits per heavy atom. The van der Waals surface area contributed by atoms with Crippen LogP contribution in [0.5, 0.6) is 17.2 Å². The van der Waals surface area contributed by atoms with Gasteiger partial charge < -0.3 is 19.7 Å². The number of nitrogens with zero attached hydrogens (tertiary/aromatic N) is 3. The molecule has 0 aliphatic carbocycles. The summed E-state index contributed by atoms with van der Waals surface area (Å²) in [7, 11) is -1.90. The van der Waals surface area contributed by atoms with Gasteiger partial charge in [0.25, 0.3) is 5.91 Å². The van der Waals surface area contributed by atoms with E-state index in [9.17, 15) is 18.5 Å². The number of rotatable bonds is 14. The van der Waals surface area contributed by atoms with Crippen LogP contribution in [0.2, 0.25) is 0 Å². The third kappa shape index (κ3) is 9.82. The molecule has 4 aromatic carbocycles. The van der Waals surface area contributed by atoms with Crippen LogP contribution in [0.1, 0.15) is 38.3 Å². The Balaban J connectivity index is 1.35. The van der Waals surface area contributed by atoms with E-state index >= 15 is 0 Å². The Labute approximate surface area is 287 Å². The second kappa shape index (κ2) is 15.8. The van der Waals surface area contributed by atoms with Gasteiger partial charge in [-0.15, -0.1) is 0 Å². The molecular weight excluding hydrogens is 639 g/mol. The Kier molecular flexibility index (Phi) is 11.1. The average molecular weight is 676 g/mol. The number of carbonyl (C=O) groups excluding carboxylic acids is 1. The fourth-order valence-corrected chi connectivity index (χ4v) is 5.86. The van der Waals surface area contributed by atoms with E-state index in [1.165, 1.54) is 0 Å². The number of anilines is 2. The lowest BCUT2D eigenvalue weighted by Gasteiger charge is -2.28. The largest absolute Gasteiger partial charge is 0.493 e. The monoisotopic (exact) mass is 675 g/mol. The van der Waals surface area contributed by atoms with E-state index in [0.717, 1.165) is 34.3 Å². The number of nitrogens with one attached hydrogen (secondary N) is 2. The van der Waals surface area contributed by atoms with Crippen LogP contribution in [0.15, 0.2) is 109 Å². The summed E-state index contributed by atoms with van der Waals surface area (Å²) < 4.78 is 38.8. The van der Waals surface area contributed by atoms with Gasteiger partial charge in [0, 0.05) is 55.8 Å². The van der Waals surface area contributed by atoms with Crippen molar-refractivity contribution >= 4 is 27.3 Å². The highest BCUT2D eigenvalue weighted by Crippen LogP contribution is 2.32. The molecule has 0 saturated heterocycles. The summed E-state index contributed by atoms with van der Waals surface area (Å²) in [6.45, 7) is 3.29. The standard InChI is InChI=1S/C38H37N5O5S/c1-27-36(42-49(3,45)46)8-6-9-37(27)43(25-29-12-10-28(24-39)11-13-29)26-30-14-16-33(17-15-30)48-35-22-31(38(44)40-2)21-34(23-35)47-20-18-32-7-4-5-19-41-32/h4-17,19,21-23,42H,18,20,25-26H2,1-3H3,(H,40,44). The minimum atomic E-state index is -3.47. The molecule has 1 heterocycles. The van der Waals surface area contributed by atoms with Crippen LogP contribution in [0.4, 0.5) is 11.4 Å². The third-order valence-electron chi connectivity index (χ3n) is 7.65. The normalized spacial score (nSPS) is 10.9. The third-order valence-corrected chi connectivity index (χ3v) is 8.24. The fourth-order valence-electron chi connectivity index (χ4n) is 5.24. The predicted octanol–water partition coefficient (Wildman–Crippen LogP) is 6.61. The lowest BCUT2D eigenvalue weighted by Crippen LogP contribution is -2.23. The van der Waals surface area contributed by atoms with E-state index < -0.39 is 10.0 Å². The first-order chi connectivity index (χ1) is 23.6. The van der Waals surface area contributed by atoms with Crippen molar-refractivity contribution < 1.29 is 22.7 Å². The molecule has 2 N–H and O–H groups in total. The summed E-state index contributed by atoms with van der Waals surface area (Å²) in [5, 5.41) is 11.9. The molecule has 0 radical (unpaired) electrons. The van der Waals surface area contributed by atoms with Crippen LogP contribution < -0.4 is 24.4 Å². The number of hydrogen-bond acceptors (Lipinski definition) is 8. The molecule has 5 aromatic rings. The van der Waals surface area contributed by atoms with Crippen LogP contribution in [0.3, 0.4) is 0 Å². The molecule has 0 bridgehead atoms. The number of benzene rings is 4. The summed E-state index contributed by atoms with van der Waals surface area (Å²) in [5.74, 6) is 1.27. The smallest absolute Gasteiger partial charge is 0.251 e. The number of ether oxygens (including phenoxy) is 2. The summed E-state index contributed by atoms with van der Waals surface area (Å²) in [5.41, 5.74) is 6.03. The van der Waals surface area contributed by atoms with Gasteiger partial charge in [-0.25, -0.2) is 8.42 Å². The average Bonchev–Trinajstić information content (AvgIpc) is 3.09. The van der Waals surface area contributed by atoms with Gasteiger partial charge in [-0.2, -0.15) is 5.26 Å². The predicted molar refractivity (Wildman–Crippen MR) is 190 cm³/mol. The van der Waals surface area contributed by atoms with E-state index in [0.29, 0.717) is 60.2 Å². The maximum atomic E-state index is 12.5. The summed E-state index contributed by atoms with van der Waals surface area (Å²) >= 11 is 0. The Hall–Kier alpha value is -5.86. The van der Waals surface area contributed by atoms with E-state index in [1.807, 2.05) is 73.7 Å². The Morgan fingerprint density at radius 3 is 2.20 bits per heavy atom. The van der Waals surface area contributed by atoms with Crippen molar-refractivity contribution in [1.29, 1.82) is 5.26 Å². The van der Waals surface area contributed by atoms with Gasteiger partial charge >= 0.3 is 0 Å². The van der Waals surface area contributed by atoms with E-state index in [2.05, 4.69) is 26.0 Å². The SMILES string of the molecule is CNC(=O)c1cc(OCCc2ccccn2)cc(Oc2ccc(CN(Cc3ccc(C#N)cc3)c3cccc(NS(C)(=O)=O)c3C)cc2)c1. The number of aromatic nitrogens is 1. The molecule has 5 rings (SSSR count). The summed E-state index contributed by atoms with van der Waals surface area (Å²) in [6.07, 6.45) is 3.48. The van der Waals surface area contributed by atoms with E-state index in [-0.39, 0.29) is 5.91 Å². The highest BCUT2D eigenvalue weighted by molar-refractivity contribution is 7.92. The quantitative estimate of drug-likeness (QED) is 0.134. The van der Waals surface area contributed by atoms with Gasteiger partial charge in [-0.3, -0.25) is 14.5 Å². The van der Waals surface area contributed by atoms with Crippen molar-refractivity contribution in [3.63, 3.8) is 0 Å². The lowest BCUT2D eigenvalue weighted by molar-refractivity contribution is 0.0962. The van der Waals surface area contributed by atoms with Gasteiger partial charge in [0.2, 0.25) is 10.0 Å². The van der Waals surface area contributed by atoms with Crippen molar-refractivity contribution in [1.82, 2.24) is 10.3 Å². The lowest BCUT2D eigenvalue weighted by atomic mass is 10.1. The second-order valence-electron chi connectivity index (χ2n) is 11.4. The molecular formula is C38H37N5O5S. The van der Waals surface area contributed by atoms with Gasteiger partial charge in [-0.05, 0) is 84.3 Å². The molecule has 0 fully saturated rings. The first-order valence-corrected chi connectivity index (χ1v) is 17.5. The van der Waals surface area contributed by atoms with Crippen LogP contribution in [-0.4, -0.2) is 39.2 Å². The summed E-state index contributed by atoms with van der Waals surface area (Å²) in [4.78, 5) is 19.0. The molecule has 49 heavy (non-hydrogen) atoms. The van der Waals surface area contributed by atoms with Gasteiger partial charge in [0.1, 0.15) is 17.2 Å². The Bertz CT molecular complexity index is 2050. The van der Waals surface area contributed by atoms with Crippen LogP contribution in [0.25, 0.3) is 0 Å². The van der Waals surface area contributed by atoms with E-state index in [4.69, 9.17) is 9.47 Å². The van der Waals surface area contributed by atoms with Crippen LogP contribution in [-0.2, 0) is 29.5 Å². The molecule has 10 nitrogen and oxygen atoms in total. The molecule has 1 amide bonds. The van der Waals surface area contributed by atoms with Crippen molar-refractivity contribution in [3.8, 4) is 23.3 Å². The maximum Gasteiger partial charge on any atom is 0.251 e. The summed E-state index contributed by atoms with van der Waals surface area (Å²) in [6, 6.07) is 33.5. The zero-order valence-electron chi connectivity index (χ0n) is 27.5. The zero-order valence-corrected chi connectivity index (χ0v) is 28.3. The van der Waals surface area contributed by atoms with Crippen molar-refractivity contribution in [3.05, 3.63) is 143 Å². The van der Waals surface area contributed by atoms with Crippen LogP contribution in [0, 0.1) is 18.3 Å². The zero-order chi connectivity index (χ0) is 34.8. The number of amides is 1. The molecule has 0 atom stereocenters. The number of nitriles is 1. The van der Waals surface area contributed by atoms with Crippen LogP contribution >= 0.6 is 0 Å². The van der Waals surface area contributed by atoms with E-state index in [1.54, 1.807) is 49.6 Å². The minimum absolute atomic E-state index is 0.260. The topological polar surface area (TPSA) is 134 Å². The Morgan fingerprint density at radius 2 is 1.57 bits per heavy atom. The number of pyridine rings is 1. The van der Waals surface area contributed by atoms with Crippen molar-refractivity contribution in [2.75, 3.05) is 29.5 Å². The first kappa shape index (κ1) is 34.5. The molecule has 0 aliphatic rings. The molecule has 250 valence electrons. The fraction of sp³-hybridized carbons (Fsp3) is 0.184. The molecule has 0 saturated carbocycles. The second-order valence-corrected chi connectivity index (χ2v) is 13.2. The maximum absolute atomic E-state index is 12.5. The number of sulfonamides is 1. The number of hydrogen-bond donors (Lipinski definition) is 2. The van der Waals surface area contributed by atoms with Gasteiger partial charge in [0.05, 0.1) is 30.2 Å². The van der Waals surface area contributed by atoms with Crippen molar-refractivity contribution in [2.24, 2.45) is 0 Å². The molecule has 1 aromatic heterocycles. The highest BCUT2D eigenvalue weighted by atomic mass is 32.2. The number of carbonyl (C=O) groups is 1. The van der Waals surface area contributed by atoms with Gasteiger partial charge in [-0.1, -0.05) is 36.4 Å². The van der Waals surface area contributed by atoms with Gasteiger partial charge in [0.15, 0.2) is 0 Å². The molecule has 0 spiro atoms. The highest BCUT2D eigenvalue weighted by Gasteiger charge is 2.16. The minimum Gasteiger partial charge on any atom is -0.493 e. The molecule has 0 unspecified atom stereocenters. The first-order valence-electron chi connectivity index (χ1n) is 15.6. The molecule has 11 heteroatoms. The molecule has 0 aliphatic heterocycles. The van der Waals surface area contributed by atoms with Crippen molar-refractivity contribution in [2.45, 2.75) is 26.4 Å².